The topological polar surface area (TPSA) is 15.6 Å². The average molecular weight is 140 g/mol. The summed E-state index contributed by atoms with van der Waals surface area (Å²) in [5, 5.41) is 0. The molecule has 2 heteroatoms. The summed E-state index contributed by atoms with van der Waals surface area (Å²) >= 11 is 0. The Bertz CT molecular complexity index is 116. The van der Waals surface area contributed by atoms with Gasteiger partial charge in [-0.1, -0.05) is 13.0 Å². The Balaban J connectivity index is 3.44. The Labute approximate surface area is 63.3 Å². The van der Waals surface area contributed by atoms with Crippen molar-refractivity contribution in [2.45, 2.75) is 20.3 Å². The molecule has 0 aliphatic heterocycles. The van der Waals surface area contributed by atoms with Gasteiger partial charge in [0.15, 0.2) is 0 Å². The predicted molar refractivity (Wildman–Crippen MR) is 46.2 cm³/mol. The van der Waals surface area contributed by atoms with E-state index in [0.717, 1.165) is 6.54 Å². The van der Waals surface area contributed by atoms with Crippen molar-refractivity contribution in [3.8, 4) is 0 Å². The molecule has 0 bridgehead atoms. The van der Waals surface area contributed by atoms with Gasteiger partial charge in [-0.2, -0.15) is 0 Å². The van der Waals surface area contributed by atoms with Crippen molar-refractivity contribution >= 4 is 6.34 Å². The van der Waals surface area contributed by atoms with Crippen LogP contribution < -0.4 is 0 Å². The fourth-order valence-electron chi connectivity index (χ4n) is 0.649. The van der Waals surface area contributed by atoms with Crippen molar-refractivity contribution in [3.63, 3.8) is 0 Å². The van der Waals surface area contributed by atoms with Gasteiger partial charge >= 0.3 is 0 Å². The third-order valence-electron chi connectivity index (χ3n) is 1.08. The lowest BCUT2D eigenvalue weighted by atomic mass is 10.5. The minimum atomic E-state index is 1.07. The molecule has 0 heterocycles. The summed E-state index contributed by atoms with van der Waals surface area (Å²) in [6.45, 7) is 5.18. The van der Waals surface area contributed by atoms with E-state index in [4.69, 9.17) is 0 Å². The maximum atomic E-state index is 4.03. The van der Waals surface area contributed by atoms with Gasteiger partial charge in [-0.15, -0.1) is 0 Å². The first kappa shape index (κ1) is 9.21. The zero-order valence-electron chi connectivity index (χ0n) is 7.04. The van der Waals surface area contributed by atoms with E-state index < -0.39 is 0 Å². The maximum Gasteiger partial charge on any atom is 0.0902 e. The first-order valence-electron chi connectivity index (χ1n) is 3.66. The lowest BCUT2D eigenvalue weighted by molar-refractivity contribution is 0.515. The van der Waals surface area contributed by atoms with Crippen LogP contribution in [0, 0.1) is 0 Å². The molecule has 0 amide bonds. The number of hydrogen-bond acceptors (Lipinski definition) is 1. The van der Waals surface area contributed by atoms with Crippen molar-refractivity contribution < 1.29 is 0 Å². The van der Waals surface area contributed by atoms with Gasteiger partial charge < -0.3 is 4.90 Å². The molecule has 58 valence electrons. The molecule has 0 radical (unpaired) electrons. The van der Waals surface area contributed by atoms with E-state index in [2.05, 4.69) is 16.8 Å². The molecule has 0 atom stereocenters. The summed E-state index contributed by atoms with van der Waals surface area (Å²) in [6, 6.07) is 0. The van der Waals surface area contributed by atoms with Gasteiger partial charge in [0.05, 0.1) is 6.34 Å². The standard InChI is InChI=1S/C8H16N2/c1-4-6-9-8-10(3)7-5-2/h4,6,8H,5,7H2,1-3H3. The fraction of sp³-hybridized carbons (Fsp3) is 0.625. The highest BCUT2D eigenvalue weighted by atomic mass is 15.1. The molecule has 10 heavy (non-hydrogen) atoms. The Morgan fingerprint density at radius 1 is 1.50 bits per heavy atom. The number of nitrogens with zero attached hydrogens (tertiary/aromatic N) is 2. The van der Waals surface area contributed by atoms with E-state index >= 15 is 0 Å². The van der Waals surface area contributed by atoms with Gasteiger partial charge in [0.2, 0.25) is 0 Å². The number of allylic oxidation sites excluding steroid dienone is 1. The molecule has 0 aromatic heterocycles. The quantitative estimate of drug-likeness (QED) is 0.430. The maximum absolute atomic E-state index is 4.03. The smallest absolute Gasteiger partial charge is 0.0902 e. The van der Waals surface area contributed by atoms with Crippen LogP contribution in [0.3, 0.4) is 0 Å². The Morgan fingerprint density at radius 3 is 2.70 bits per heavy atom. The average Bonchev–Trinajstić information content (AvgIpc) is 1.89. The summed E-state index contributed by atoms with van der Waals surface area (Å²) in [5.74, 6) is 0. The van der Waals surface area contributed by atoms with E-state index in [9.17, 15) is 0 Å². The van der Waals surface area contributed by atoms with Crippen molar-refractivity contribution in [1.29, 1.82) is 0 Å². The molecule has 0 aromatic carbocycles. The molecule has 0 saturated carbocycles. The normalized spacial score (nSPS) is 11.5. The fourth-order valence-corrected chi connectivity index (χ4v) is 0.649. The largest absolute Gasteiger partial charge is 0.366 e. The summed E-state index contributed by atoms with van der Waals surface area (Å²) in [5.41, 5.74) is 0. The molecule has 0 rings (SSSR count). The highest BCUT2D eigenvalue weighted by Crippen LogP contribution is 1.81. The lowest BCUT2D eigenvalue weighted by Crippen LogP contribution is -2.16. The van der Waals surface area contributed by atoms with Crippen LogP contribution in [0.2, 0.25) is 0 Å². The predicted octanol–water partition coefficient (Wildman–Crippen LogP) is 1.89. The molecule has 0 N–H and O–H groups in total. The van der Waals surface area contributed by atoms with E-state index in [1.165, 1.54) is 6.42 Å². The summed E-state index contributed by atoms with van der Waals surface area (Å²) in [6.07, 6.45) is 6.70. The number of aliphatic imine (C=N–C) groups is 1. The Morgan fingerprint density at radius 2 is 2.20 bits per heavy atom. The SMILES string of the molecule is CC=CN=CN(C)CCC. The first-order chi connectivity index (χ1) is 4.81. The third-order valence-corrected chi connectivity index (χ3v) is 1.08. The van der Waals surface area contributed by atoms with Crippen molar-refractivity contribution in [2.75, 3.05) is 13.6 Å². The van der Waals surface area contributed by atoms with Crippen molar-refractivity contribution in [3.05, 3.63) is 12.3 Å². The van der Waals surface area contributed by atoms with Gasteiger partial charge in [-0.05, 0) is 13.3 Å². The number of hydrogen-bond donors (Lipinski definition) is 0. The van der Waals surface area contributed by atoms with E-state index in [1.807, 2.05) is 26.4 Å². The first-order valence-corrected chi connectivity index (χ1v) is 3.66. The minimum Gasteiger partial charge on any atom is -0.366 e. The molecule has 0 aromatic rings. The van der Waals surface area contributed by atoms with Crippen LogP contribution in [-0.4, -0.2) is 24.8 Å². The van der Waals surface area contributed by atoms with E-state index in [-0.39, 0.29) is 0 Å². The second-order valence-electron chi connectivity index (χ2n) is 2.23. The Hall–Kier alpha value is -0.790. The van der Waals surface area contributed by atoms with Gasteiger partial charge in [-0.3, -0.25) is 0 Å². The summed E-state index contributed by atoms with van der Waals surface area (Å²) in [4.78, 5) is 6.10. The zero-order chi connectivity index (χ0) is 7.82. The Kier molecular flexibility index (Phi) is 5.83. The van der Waals surface area contributed by atoms with Gasteiger partial charge in [0, 0.05) is 19.8 Å². The highest BCUT2D eigenvalue weighted by Gasteiger charge is 1.84. The van der Waals surface area contributed by atoms with Gasteiger partial charge in [-0.25, -0.2) is 4.99 Å². The molecular formula is C8H16N2. The van der Waals surface area contributed by atoms with Crippen molar-refractivity contribution in [2.24, 2.45) is 4.99 Å². The minimum absolute atomic E-state index is 1.07. The third kappa shape index (κ3) is 5.35. The molecule has 2 nitrogen and oxygen atoms in total. The van der Waals surface area contributed by atoms with Crippen LogP contribution in [0.4, 0.5) is 0 Å². The second-order valence-corrected chi connectivity index (χ2v) is 2.23. The van der Waals surface area contributed by atoms with E-state index in [1.54, 1.807) is 6.20 Å². The van der Waals surface area contributed by atoms with Crippen LogP contribution in [0.15, 0.2) is 17.3 Å². The number of rotatable bonds is 4. The molecule has 0 aliphatic carbocycles. The molecule has 0 spiro atoms. The molecule has 0 saturated heterocycles. The zero-order valence-corrected chi connectivity index (χ0v) is 7.04. The summed E-state index contributed by atoms with van der Waals surface area (Å²) in [7, 11) is 2.02. The van der Waals surface area contributed by atoms with Gasteiger partial charge in [0.25, 0.3) is 0 Å². The monoisotopic (exact) mass is 140 g/mol. The van der Waals surface area contributed by atoms with E-state index in [0.29, 0.717) is 0 Å². The molecule has 0 fully saturated rings. The van der Waals surface area contributed by atoms with Crippen LogP contribution in [0.5, 0.6) is 0 Å². The molecular weight excluding hydrogens is 124 g/mol. The highest BCUT2D eigenvalue weighted by molar-refractivity contribution is 5.55. The van der Waals surface area contributed by atoms with Crippen LogP contribution in [0.25, 0.3) is 0 Å². The van der Waals surface area contributed by atoms with Crippen molar-refractivity contribution in [1.82, 2.24) is 4.90 Å². The molecule has 0 aliphatic rings. The van der Waals surface area contributed by atoms with Gasteiger partial charge in [0.1, 0.15) is 0 Å². The van der Waals surface area contributed by atoms with Crippen LogP contribution in [-0.2, 0) is 0 Å². The van der Waals surface area contributed by atoms with Crippen LogP contribution in [0.1, 0.15) is 20.3 Å². The second kappa shape index (κ2) is 6.33. The molecule has 0 unspecified atom stereocenters. The summed E-state index contributed by atoms with van der Waals surface area (Å²) < 4.78 is 0. The lowest BCUT2D eigenvalue weighted by Gasteiger charge is -2.09. The van der Waals surface area contributed by atoms with Crippen LogP contribution >= 0.6 is 0 Å².